The minimum absolute atomic E-state index is 0.0231. The highest BCUT2D eigenvalue weighted by Gasteiger charge is 2.64. The zero-order valence-electron chi connectivity index (χ0n) is 16.7. The van der Waals surface area contributed by atoms with Gasteiger partial charge in [0.1, 0.15) is 0 Å². The van der Waals surface area contributed by atoms with Crippen molar-refractivity contribution >= 4 is 23.3 Å². The van der Waals surface area contributed by atoms with Gasteiger partial charge in [-0.15, -0.1) is 0 Å². The first-order chi connectivity index (χ1) is 14.0. The van der Waals surface area contributed by atoms with Crippen LogP contribution >= 0.6 is 0 Å². The molecule has 0 spiro atoms. The highest BCUT2D eigenvalue weighted by molar-refractivity contribution is 6.24. The molecule has 2 amide bonds. The third-order valence-corrected chi connectivity index (χ3v) is 6.64. The van der Waals surface area contributed by atoms with E-state index in [9.17, 15) is 14.4 Å². The predicted octanol–water partition coefficient (Wildman–Crippen LogP) is 3.14. The van der Waals surface area contributed by atoms with Gasteiger partial charge in [0, 0.05) is 11.6 Å². The number of rotatable bonds is 3. The van der Waals surface area contributed by atoms with Crippen LogP contribution in [0.15, 0.2) is 48.5 Å². The van der Waals surface area contributed by atoms with Crippen LogP contribution < -0.4 is 4.90 Å². The number of anilines is 1. The second kappa shape index (κ2) is 6.63. The van der Waals surface area contributed by atoms with Crippen LogP contribution in [0.4, 0.5) is 5.69 Å². The lowest BCUT2D eigenvalue weighted by Crippen LogP contribution is -2.46. The van der Waals surface area contributed by atoms with Gasteiger partial charge in [-0.25, -0.2) is 4.90 Å². The smallest absolute Gasteiger partial charge is 0.239 e. The van der Waals surface area contributed by atoms with Crippen molar-refractivity contribution in [3.8, 4) is 0 Å². The minimum Gasteiger partial charge on any atom is -0.292 e. The molecule has 0 unspecified atom stereocenters. The Balaban J connectivity index is 1.57. The Morgan fingerprint density at radius 2 is 1.59 bits per heavy atom. The molecule has 0 radical (unpaired) electrons. The summed E-state index contributed by atoms with van der Waals surface area (Å²) in [5.74, 6) is -1.45. The zero-order chi connectivity index (χ0) is 20.3. The molecule has 0 aliphatic carbocycles. The number of nitrogens with zero attached hydrogens (tertiary/aromatic N) is 2. The molecule has 3 aliphatic heterocycles. The summed E-state index contributed by atoms with van der Waals surface area (Å²) in [4.78, 5) is 43.8. The number of Topliss-reactive ketones (excluding diaryl/α,β-unsaturated/α-hetero) is 1. The number of carbonyl (C=O) groups is 3. The van der Waals surface area contributed by atoms with Crippen LogP contribution in [0.3, 0.4) is 0 Å². The molecule has 5 nitrogen and oxygen atoms in total. The quantitative estimate of drug-likeness (QED) is 0.599. The van der Waals surface area contributed by atoms with E-state index in [4.69, 9.17) is 0 Å². The molecule has 5 rings (SSSR count). The summed E-state index contributed by atoms with van der Waals surface area (Å²) in [6.45, 7) is 4.69. The van der Waals surface area contributed by atoms with E-state index in [0.29, 0.717) is 11.3 Å². The van der Waals surface area contributed by atoms with E-state index in [2.05, 4.69) is 4.90 Å². The Morgan fingerprint density at radius 3 is 2.28 bits per heavy atom. The van der Waals surface area contributed by atoms with Crippen LogP contribution in [0.2, 0.25) is 0 Å². The van der Waals surface area contributed by atoms with Crippen LogP contribution in [0.25, 0.3) is 0 Å². The van der Waals surface area contributed by atoms with Crippen LogP contribution in [0.5, 0.6) is 0 Å². The van der Waals surface area contributed by atoms with Gasteiger partial charge in [0.15, 0.2) is 5.78 Å². The maximum atomic E-state index is 13.5. The Bertz CT molecular complexity index is 996. The summed E-state index contributed by atoms with van der Waals surface area (Å²) in [5.41, 5.74) is 3.25. The van der Waals surface area contributed by atoms with E-state index in [1.165, 1.54) is 4.90 Å². The molecule has 2 aromatic carbocycles. The zero-order valence-corrected chi connectivity index (χ0v) is 16.7. The van der Waals surface area contributed by atoms with E-state index in [1.54, 1.807) is 12.1 Å². The monoisotopic (exact) mass is 388 g/mol. The molecule has 148 valence electrons. The predicted molar refractivity (Wildman–Crippen MR) is 110 cm³/mol. The summed E-state index contributed by atoms with van der Waals surface area (Å²) in [6, 6.07) is 14.3. The van der Waals surface area contributed by atoms with Crippen molar-refractivity contribution in [2.24, 2.45) is 11.8 Å². The Morgan fingerprint density at radius 1 is 0.931 bits per heavy atom. The van der Waals surface area contributed by atoms with Crippen LogP contribution in [0, 0.1) is 25.7 Å². The summed E-state index contributed by atoms with van der Waals surface area (Å²) < 4.78 is 0. The van der Waals surface area contributed by atoms with E-state index in [-0.39, 0.29) is 23.6 Å². The number of hydrogen-bond donors (Lipinski definition) is 0. The molecule has 3 fully saturated rings. The SMILES string of the molecule is Cc1cc(C)cc(N2C(=O)[C@@H]3[C@H](C2=O)[C@H](C(=O)c2ccccc2)N2CCC[C@@H]32)c1. The van der Waals surface area contributed by atoms with Gasteiger partial charge in [-0.3, -0.25) is 19.3 Å². The Hall–Kier alpha value is -2.79. The topological polar surface area (TPSA) is 57.7 Å². The first-order valence-electron chi connectivity index (χ1n) is 10.3. The van der Waals surface area contributed by atoms with Gasteiger partial charge in [-0.1, -0.05) is 36.4 Å². The second-order valence-corrected chi connectivity index (χ2v) is 8.53. The van der Waals surface area contributed by atoms with Crippen molar-refractivity contribution in [3.63, 3.8) is 0 Å². The fraction of sp³-hybridized carbons (Fsp3) is 0.375. The summed E-state index contributed by atoms with van der Waals surface area (Å²) >= 11 is 0. The molecule has 3 heterocycles. The number of imide groups is 1. The fourth-order valence-electron chi connectivity index (χ4n) is 5.62. The van der Waals surface area contributed by atoms with E-state index >= 15 is 0 Å². The number of benzene rings is 2. The average Bonchev–Trinajstić information content (AvgIpc) is 3.33. The standard InChI is InChI=1S/C24H24N2O3/c1-14-11-15(2)13-17(12-14)26-23(28)19-18-9-6-10-25(18)21(20(19)24(26)29)22(27)16-7-4-3-5-8-16/h3-5,7-8,11-13,18-21H,6,9-10H2,1-2H3/t18-,19-,20-,21+/m0/s1. The lowest BCUT2D eigenvalue weighted by Gasteiger charge is -2.27. The molecule has 2 aromatic rings. The summed E-state index contributed by atoms with van der Waals surface area (Å²) in [7, 11) is 0. The molecule has 29 heavy (non-hydrogen) atoms. The highest BCUT2D eigenvalue weighted by Crippen LogP contribution is 2.48. The normalized spacial score (nSPS) is 28.7. The molecule has 0 saturated carbocycles. The van der Waals surface area contributed by atoms with Crippen molar-refractivity contribution in [1.82, 2.24) is 4.90 Å². The van der Waals surface area contributed by atoms with Crippen molar-refractivity contribution in [2.75, 3.05) is 11.4 Å². The Kier molecular flexibility index (Phi) is 4.17. The van der Waals surface area contributed by atoms with Crippen molar-refractivity contribution < 1.29 is 14.4 Å². The maximum Gasteiger partial charge on any atom is 0.239 e. The van der Waals surface area contributed by atoms with Crippen LogP contribution in [-0.4, -0.2) is 41.1 Å². The average molecular weight is 388 g/mol. The highest BCUT2D eigenvalue weighted by atomic mass is 16.2. The molecular weight excluding hydrogens is 364 g/mol. The van der Waals surface area contributed by atoms with Crippen LogP contribution in [-0.2, 0) is 9.59 Å². The van der Waals surface area contributed by atoms with Crippen molar-refractivity contribution in [1.29, 1.82) is 0 Å². The van der Waals surface area contributed by atoms with Gasteiger partial charge in [-0.05, 0) is 56.5 Å². The largest absolute Gasteiger partial charge is 0.292 e. The molecule has 3 saturated heterocycles. The van der Waals surface area contributed by atoms with E-state index < -0.39 is 17.9 Å². The van der Waals surface area contributed by atoms with Gasteiger partial charge in [0.25, 0.3) is 0 Å². The number of ketones is 1. The molecule has 0 bridgehead atoms. The lowest BCUT2D eigenvalue weighted by molar-refractivity contribution is -0.123. The van der Waals surface area contributed by atoms with Gasteiger partial charge in [0.05, 0.1) is 23.6 Å². The summed E-state index contributed by atoms with van der Waals surface area (Å²) in [5, 5.41) is 0. The minimum atomic E-state index is -0.596. The van der Waals surface area contributed by atoms with Crippen molar-refractivity contribution in [3.05, 3.63) is 65.2 Å². The molecule has 5 heteroatoms. The fourth-order valence-corrected chi connectivity index (χ4v) is 5.62. The van der Waals surface area contributed by atoms with Crippen molar-refractivity contribution in [2.45, 2.75) is 38.8 Å². The number of fused-ring (bicyclic) bond motifs is 3. The van der Waals surface area contributed by atoms with E-state index in [1.807, 2.05) is 50.2 Å². The summed E-state index contributed by atoms with van der Waals surface area (Å²) in [6.07, 6.45) is 1.82. The third kappa shape index (κ3) is 2.68. The molecule has 4 atom stereocenters. The molecule has 3 aliphatic rings. The molecule has 0 N–H and O–H groups in total. The van der Waals surface area contributed by atoms with Gasteiger partial charge < -0.3 is 0 Å². The third-order valence-electron chi connectivity index (χ3n) is 6.64. The maximum absolute atomic E-state index is 13.5. The Labute approximate surface area is 170 Å². The first-order valence-corrected chi connectivity index (χ1v) is 10.3. The number of aryl methyl sites for hydroxylation is 2. The number of carbonyl (C=O) groups excluding carboxylic acids is 3. The van der Waals surface area contributed by atoms with Gasteiger partial charge in [0.2, 0.25) is 11.8 Å². The van der Waals surface area contributed by atoms with Gasteiger partial charge in [-0.2, -0.15) is 0 Å². The van der Waals surface area contributed by atoms with Crippen LogP contribution in [0.1, 0.15) is 34.3 Å². The molecule has 0 aromatic heterocycles. The molecular formula is C24H24N2O3. The van der Waals surface area contributed by atoms with E-state index in [0.717, 1.165) is 30.5 Å². The first kappa shape index (κ1) is 18.3. The number of hydrogen-bond acceptors (Lipinski definition) is 4. The van der Waals surface area contributed by atoms with Gasteiger partial charge >= 0.3 is 0 Å². The lowest BCUT2D eigenvalue weighted by atomic mass is 9.85. The number of amides is 2. The second-order valence-electron chi connectivity index (χ2n) is 8.53.